The maximum absolute atomic E-state index is 12.0. The summed E-state index contributed by atoms with van der Waals surface area (Å²) >= 11 is 0. The van der Waals surface area contributed by atoms with E-state index in [0.717, 1.165) is 70.0 Å². The number of likely N-dealkylation sites (tertiary alicyclic amines) is 1. The molecule has 0 spiro atoms. The van der Waals surface area contributed by atoms with Gasteiger partial charge in [-0.2, -0.15) is 0 Å². The Labute approximate surface area is 387 Å². The summed E-state index contributed by atoms with van der Waals surface area (Å²) in [7, 11) is 1.82. The van der Waals surface area contributed by atoms with Crippen molar-refractivity contribution in [3.63, 3.8) is 0 Å². The summed E-state index contributed by atoms with van der Waals surface area (Å²) in [4.78, 5) is 55.5. The molecule has 3 aliphatic rings. The fourth-order valence-electron chi connectivity index (χ4n) is 7.07. The third-order valence-corrected chi connectivity index (χ3v) is 11.0. The van der Waals surface area contributed by atoms with E-state index < -0.39 is 0 Å². The molecule has 3 aromatic carbocycles. The molecule has 0 bridgehead atoms. The van der Waals surface area contributed by atoms with Crippen LogP contribution < -0.4 is 0 Å². The Morgan fingerprint density at radius 2 is 0.939 bits per heavy atom. The van der Waals surface area contributed by atoms with E-state index in [9.17, 15) is 14.4 Å². The van der Waals surface area contributed by atoms with E-state index >= 15 is 0 Å². The Morgan fingerprint density at radius 3 is 1.29 bits per heavy atom. The van der Waals surface area contributed by atoms with Crippen molar-refractivity contribution in [1.82, 2.24) is 34.6 Å². The minimum atomic E-state index is -0.273. The topological polar surface area (TPSA) is 112 Å². The molecule has 6 aromatic rings. The summed E-state index contributed by atoms with van der Waals surface area (Å²) in [6, 6.07) is 41.2. The van der Waals surface area contributed by atoms with E-state index in [4.69, 9.17) is 4.74 Å². The first-order valence-electron chi connectivity index (χ1n) is 21.9. The second-order valence-corrected chi connectivity index (χ2v) is 16.4. The van der Waals surface area contributed by atoms with E-state index in [2.05, 4.69) is 64.3 Å². The normalized spacial score (nSPS) is 14.6. The van der Waals surface area contributed by atoms with Gasteiger partial charge in [-0.1, -0.05) is 90.1 Å². The number of ether oxygens (including phenoxy) is 1. The highest BCUT2D eigenvalue weighted by Crippen LogP contribution is 2.30. The summed E-state index contributed by atoms with van der Waals surface area (Å²) < 4.78 is 4.89. The molecule has 66 heavy (non-hydrogen) atoms. The van der Waals surface area contributed by atoms with Gasteiger partial charge < -0.3 is 19.4 Å². The Bertz CT molecular complexity index is 2770. The van der Waals surface area contributed by atoms with Crippen LogP contribution in [0.1, 0.15) is 77.2 Å². The quantitative estimate of drug-likeness (QED) is 0.155. The number of nitrogens with zero attached hydrogens (tertiary/aromatic N) is 7. The van der Waals surface area contributed by atoms with Crippen LogP contribution in [-0.2, 0) is 29.2 Å². The number of pyridine rings is 3. The van der Waals surface area contributed by atoms with Gasteiger partial charge >= 0.3 is 12.1 Å². The first kappa shape index (κ1) is 45.8. The molecular weight excluding hydrogens is 823 g/mol. The van der Waals surface area contributed by atoms with Crippen molar-refractivity contribution in [1.29, 1.82) is 0 Å². The lowest BCUT2D eigenvalue weighted by atomic mass is 10.0. The lowest BCUT2D eigenvalue weighted by molar-refractivity contribution is -0.131. The van der Waals surface area contributed by atoms with Crippen LogP contribution in [0.15, 0.2) is 146 Å². The van der Waals surface area contributed by atoms with Crippen molar-refractivity contribution < 1.29 is 19.1 Å². The minimum absolute atomic E-state index is 0.0646. The predicted octanol–water partition coefficient (Wildman–Crippen LogP) is 8.16. The SMILES string of the molecule is CC1(C)CCC(=O)N1Cc1ccc(C#Cc2ccccc2)cn1.CN1CCN(Cc2ccc(C#Cc3ccccc3)cn2)C1=O.O=C1OCCN1Cc1ccc(C#Cc2ccccc2)cn1. The number of hydrogen-bond acceptors (Lipinski definition) is 7. The second kappa shape index (κ2) is 22.4. The number of benzene rings is 3. The monoisotopic (exact) mass is 873 g/mol. The highest BCUT2D eigenvalue weighted by Gasteiger charge is 2.37. The van der Waals surface area contributed by atoms with Crippen LogP contribution in [-0.4, -0.2) is 91.4 Å². The molecule has 0 atom stereocenters. The molecule has 0 unspecified atom stereocenters. The molecule has 11 heteroatoms. The van der Waals surface area contributed by atoms with Crippen LogP contribution in [0.25, 0.3) is 0 Å². The molecule has 9 rings (SSSR count). The summed E-state index contributed by atoms with van der Waals surface area (Å²) in [6.07, 6.45) is 6.53. The molecule has 6 heterocycles. The van der Waals surface area contributed by atoms with Crippen molar-refractivity contribution >= 4 is 18.0 Å². The molecule has 3 aliphatic heterocycles. The zero-order valence-electron chi connectivity index (χ0n) is 37.5. The van der Waals surface area contributed by atoms with Gasteiger partial charge in [0.2, 0.25) is 5.91 Å². The maximum atomic E-state index is 12.0. The van der Waals surface area contributed by atoms with Crippen LogP contribution in [0.4, 0.5) is 9.59 Å². The predicted molar refractivity (Wildman–Crippen MR) is 254 cm³/mol. The number of aromatic nitrogens is 3. The fourth-order valence-corrected chi connectivity index (χ4v) is 7.07. The van der Waals surface area contributed by atoms with Gasteiger partial charge in [-0.15, -0.1) is 0 Å². The van der Waals surface area contributed by atoms with Gasteiger partial charge in [0.1, 0.15) is 6.61 Å². The average molecular weight is 874 g/mol. The highest BCUT2D eigenvalue weighted by molar-refractivity contribution is 5.79. The molecule has 0 saturated carbocycles. The molecule has 11 nitrogen and oxygen atoms in total. The fraction of sp³-hybridized carbons (Fsp3) is 0.236. The average Bonchev–Trinajstić information content (AvgIpc) is 3.99. The molecule has 0 aliphatic carbocycles. The Kier molecular flexibility index (Phi) is 15.6. The van der Waals surface area contributed by atoms with Crippen LogP contribution in [0, 0.1) is 35.5 Å². The summed E-state index contributed by atoms with van der Waals surface area (Å²) in [5.41, 5.74) is 8.09. The van der Waals surface area contributed by atoms with Gasteiger partial charge in [0, 0.05) is 84.1 Å². The van der Waals surface area contributed by atoms with Crippen LogP contribution >= 0.6 is 0 Å². The lowest BCUT2D eigenvalue weighted by Gasteiger charge is -2.31. The summed E-state index contributed by atoms with van der Waals surface area (Å²) in [6.45, 7) is 8.43. The number of rotatable bonds is 6. The van der Waals surface area contributed by atoms with E-state index in [0.29, 0.717) is 39.2 Å². The third kappa shape index (κ3) is 13.4. The van der Waals surface area contributed by atoms with Crippen molar-refractivity contribution in [2.75, 3.05) is 33.3 Å². The van der Waals surface area contributed by atoms with Crippen molar-refractivity contribution in [3.05, 3.63) is 196 Å². The second-order valence-electron chi connectivity index (χ2n) is 16.4. The molecule has 4 amide bonds. The molecule has 3 fully saturated rings. The molecular formula is C55H51N7O4. The minimum Gasteiger partial charge on any atom is -0.448 e. The molecule has 0 radical (unpaired) electrons. The smallest absolute Gasteiger partial charge is 0.410 e. The lowest BCUT2D eigenvalue weighted by Crippen LogP contribution is -2.40. The standard InChI is InChI=1S/C20H20N2O.C18H17N3O.C17H14N2O2/c1-20(2)13-12-19(23)22(20)15-18-11-10-17(14-21-18)9-8-16-6-4-3-5-7-16;1-20-11-12-21(18(20)22)14-17-10-9-16(13-19-17)8-7-15-5-3-2-4-6-15;20-17-19(10-11-21-17)13-16-9-8-15(12-18-16)7-6-14-4-2-1-3-5-14/h3-7,10-11,14H,12-13,15H2,1-2H3;2-6,9-10,13H,11-12,14H2,1H3;1-5,8-9,12H,10-11,13H2. The van der Waals surface area contributed by atoms with Gasteiger partial charge in [0.25, 0.3) is 0 Å². The van der Waals surface area contributed by atoms with Gasteiger partial charge in [0.15, 0.2) is 0 Å². The molecule has 3 saturated heterocycles. The van der Waals surface area contributed by atoms with Gasteiger partial charge in [-0.3, -0.25) is 24.6 Å². The zero-order chi connectivity index (χ0) is 46.1. The summed E-state index contributed by atoms with van der Waals surface area (Å²) in [5, 5.41) is 0. The zero-order valence-corrected chi connectivity index (χ0v) is 37.5. The van der Waals surface area contributed by atoms with Gasteiger partial charge in [-0.05, 0) is 93.1 Å². The highest BCUT2D eigenvalue weighted by atomic mass is 16.6. The maximum Gasteiger partial charge on any atom is 0.410 e. The number of likely N-dealkylation sites (N-methyl/N-ethyl adjacent to an activating group) is 1. The summed E-state index contributed by atoms with van der Waals surface area (Å²) in [5.74, 6) is 18.8. The number of carbonyl (C=O) groups excluding carboxylic acids is 3. The Balaban J connectivity index is 0.000000147. The van der Waals surface area contributed by atoms with Crippen LogP contribution in [0.5, 0.6) is 0 Å². The molecule has 330 valence electrons. The number of cyclic esters (lactones) is 1. The first-order chi connectivity index (χ1) is 32.1. The molecule has 0 N–H and O–H groups in total. The number of urea groups is 1. The largest absolute Gasteiger partial charge is 0.448 e. The van der Waals surface area contributed by atoms with E-state index in [-0.39, 0.29) is 23.6 Å². The number of carbonyl (C=O) groups is 3. The van der Waals surface area contributed by atoms with Crippen LogP contribution in [0.2, 0.25) is 0 Å². The van der Waals surface area contributed by atoms with Gasteiger partial charge in [0.05, 0.1) is 43.3 Å². The Morgan fingerprint density at radius 1 is 0.515 bits per heavy atom. The number of hydrogen-bond donors (Lipinski definition) is 0. The van der Waals surface area contributed by atoms with E-state index in [1.807, 2.05) is 139 Å². The van der Waals surface area contributed by atoms with Crippen LogP contribution in [0.3, 0.4) is 0 Å². The third-order valence-electron chi connectivity index (χ3n) is 11.0. The van der Waals surface area contributed by atoms with Gasteiger partial charge in [-0.25, -0.2) is 9.59 Å². The van der Waals surface area contributed by atoms with Crippen molar-refractivity contribution in [3.8, 4) is 35.5 Å². The van der Waals surface area contributed by atoms with Crippen molar-refractivity contribution in [2.24, 2.45) is 0 Å². The van der Waals surface area contributed by atoms with E-state index in [1.54, 1.807) is 33.3 Å². The van der Waals surface area contributed by atoms with E-state index in [1.165, 1.54) is 0 Å². The Hall–Kier alpha value is -8.20. The van der Waals surface area contributed by atoms with Crippen molar-refractivity contribution in [2.45, 2.75) is 51.9 Å². The molecule has 3 aromatic heterocycles. The first-order valence-corrected chi connectivity index (χ1v) is 21.9. The number of amides is 4.